The zero-order valence-electron chi connectivity index (χ0n) is 8.33. The van der Waals surface area contributed by atoms with Crippen LogP contribution in [0.5, 0.6) is 5.75 Å². The Balaban J connectivity index is 2.49. The number of phenolic OH excluding ortho intramolecular Hbond substituents is 1. The quantitative estimate of drug-likeness (QED) is 0.764. The first-order valence-corrected chi connectivity index (χ1v) is 4.64. The summed E-state index contributed by atoms with van der Waals surface area (Å²) < 4.78 is 1.62. The van der Waals surface area contributed by atoms with Crippen molar-refractivity contribution in [3.8, 4) is 11.4 Å². The van der Waals surface area contributed by atoms with Crippen LogP contribution in [-0.2, 0) is 0 Å². The van der Waals surface area contributed by atoms with E-state index in [1.807, 2.05) is 13.0 Å². The molecule has 5 nitrogen and oxygen atoms in total. The van der Waals surface area contributed by atoms with E-state index in [0.29, 0.717) is 0 Å². The van der Waals surface area contributed by atoms with Crippen molar-refractivity contribution in [2.45, 2.75) is 13.0 Å². The van der Waals surface area contributed by atoms with Gasteiger partial charge in [-0.05, 0) is 19.1 Å². The first kappa shape index (κ1) is 9.67. The van der Waals surface area contributed by atoms with Gasteiger partial charge in [0.2, 0.25) is 0 Å². The predicted octanol–water partition coefficient (Wildman–Crippen LogP) is 0.993. The molecule has 0 fully saturated rings. The summed E-state index contributed by atoms with van der Waals surface area (Å²) in [7, 11) is 0. The Labute approximate surface area is 87.1 Å². The van der Waals surface area contributed by atoms with Crippen LogP contribution in [-0.4, -0.2) is 20.1 Å². The summed E-state index contributed by atoms with van der Waals surface area (Å²) >= 11 is 0. The van der Waals surface area contributed by atoms with E-state index in [9.17, 15) is 5.11 Å². The maximum absolute atomic E-state index is 9.35. The molecule has 1 unspecified atom stereocenters. The first-order chi connectivity index (χ1) is 7.18. The second-order valence-electron chi connectivity index (χ2n) is 3.38. The molecule has 15 heavy (non-hydrogen) atoms. The molecule has 0 aliphatic carbocycles. The van der Waals surface area contributed by atoms with Crippen molar-refractivity contribution in [2.24, 2.45) is 5.73 Å². The molecule has 0 bridgehead atoms. The Bertz CT molecular complexity index is 464. The van der Waals surface area contributed by atoms with Crippen LogP contribution in [0.25, 0.3) is 5.69 Å². The maximum Gasteiger partial charge on any atom is 0.117 e. The first-order valence-electron chi connectivity index (χ1n) is 4.64. The monoisotopic (exact) mass is 204 g/mol. The SMILES string of the molecule is CC(N)c1cnnn1-c1cccc(O)c1. The Hall–Kier alpha value is -1.88. The highest BCUT2D eigenvalue weighted by Gasteiger charge is 2.09. The molecule has 0 aliphatic rings. The molecule has 0 spiro atoms. The normalized spacial score (nSPS) is 12.7. The molecule has 78 valence electrons. The number of hydrogen-bond acceptors (Lipinski definition) is 4. The second kappa shape index (κ2) is 3.70. The van der Waals surface area contributed by atoms with Crippen LogP contribution >= 0.6 is 0 Å². The van der Waals surface area contributed by atoms with Gasteiger partial charge in [0.15, 0.2) is 0 Å². The lowest BCUT2D eigenvalue weighted by molar-refractivity contribution is 0.474. The van der Waals surface area contributed by atoms with Crippen LogP contribution < -0.4 is 5.73 Å². The largest absolute Gasteiger partial charge is 0.508 e. The summed E-state index contributed by atoms with van der Waals surface area (Å²) in [5.74, 6) is 0.193. The molecule has 5 heteroatoms. The number of aromatic hydroxyl groups is 1. The standard InChI is InChI=1S/C10H12N4O/c1-7(11)10-6-12-13-14(10)8-3-2-4-9(15)5-8/h2-7,15H,11H2,1H3. The van der Waals surface area contributed by atoms with Crippen molar-refractivity contribution in [3.05, 3.63) is 36.2 Å². The van der Waals surface area contributed by atoms with Gasteiger partial charge in [-0.2, -0.15) is 0 Å². The zero-order chi connectivity index (χ0) is 10.8. The highest BCUT2D eigenvalue weighted by Crippen LogP contribution is 2.17. The lowest BCUT2D eigenvalue weighted by Crippen LogP contribution is -2.11. The molecular weight excluding hydrogens is 192 g/mol. The van der Waals surface area contributed by atoms with E-state index < -0.39 is 0 Å². The number of nitrogens with two attached hydrogens (primary N) is 1. The van der Waals surface area contributed by atoms with Gasteiger partial charge in [-0.15, -0.1) is 5.10 Å². The molecule has 0 radical (unpaired) electrons. The van der Waals surface area contributed by atoms with Crippen LogP contribution in [0.2, 0.25) is 0 Å². The van der Waals surface area contributed by atoms with Crippen molar-refractivity contribution < 1.29 is 5.11 Å². The third kappa shape index (κ3) is 1.82. The van der Waals surface area contributed by atoms with E-state index in [1.165, 1.54) is 0 Å². The van der Waals surface area contributed by atoms with Crippen LogP contribution in [0.4, 0.5) is 0 Å². The third-order valence-corrected chi connectivity index (χ3v) is 2.12. The maximum atomic E-state index is 9.35. The predicted molar refractivity (Wildman–Crippen MR) is 55.6 cm³/mol. The number of benzene rings is 1. The third-order valence-electron chi connectivity index (χ3n) is 2.12. The topological polar surface area (TPSA) is 77.0 Å². The van der Waals surface area contributed by atoms with Crippen molar-refractivity contribution in [1.82, 2.24) is 15.0 Å². The average molecular weight is 204 g/mol. The fraction of sp³-hybridized carbons (Fsp3) is 0.200. The number of hydrogen-bond donors (Lipinski definition) is 2. The molecule has 1 heterocycles. The Morgan fingerprint density at radius 1 is 1.47 bits per heavy atom. The molecule has 0 saturated carbocycles. The lowest BCUT2D eigenvalue weighted by Gasteiger charge is -2.08. The van der Waals surface area contributed by atoms with Gasteiger partial charge in [-0.1, -0.05) is 11.3 Å². The van der Waals surface area contributed by atoms with Gasteiger partial charge in [-0.25, -0.2) is 4.68 Å². The molecule has 1 aromatic carbocycles. The second-order valence-corrected chi connectivity index (χ2v) is 3.38. The van der Waals surface area contributed by atoms with E-state index in [1.54, 1.807) is 29.1 Å². The van der Waals surface area contributed by atoms with E-state index >= 15 is 0 Å². The highest BCUT2D eigenvalue weighted by molar-refractivity contribution is 5.38. The van der Waals surface area contributed by atoms with Gasteiger partial charge in [0.05, 0.1) is 17.6 Å². The van der Waals surface area contributed by atoms with Crippen molar-refractivity contribution >= 4 is 0 Å². The minimum Gasteiger partial charge on any atom is -0.508 e. The summed E-state index contributed by atoms with van der Waals surface area (Å²) in [6.45, 7) is 1.86. The zero-order valence-corrected chi connectivity index (χ0v) is 8.33. The summed E-state index contributed by atoms with van der Waals surface area (Å²) in [6.07, 6.45) is 1.62. The highest BCUT2D eigenvalue weighted by atomic mass is 16.3. The van der Waals surface area contributed by atoms with Gasteiger partial charge in [0.25, 0.3) is 0 Å². The van der Waals surface area contributed by atoms with Crippen LogP contribution in [0.1, 0.15) is 18.7 Å². The molecular formula is C10H12N4O. The van der Waals surface area contributed by atoms with E-state index in [4.69, 9.17) is 5.73 Å². The van der Waals surface area contributed by atoms with E-state index in [0.717, 1.165) is 11.4 Å². The van der Waals surface area contributed by atoms with Crippen LogP contribution in [0.3, 0.4) is 0 Å². The molecule has 0 amide bonds. The van der Waals surface area contributed by atoms with Crippen LogP contribution in [0, 0.1) is 0 Å². The Kier molecular flexibility index (Phi) is 2.39. The summed E-state index contributed by atoms with van der Waals surface area (Å²) in [6, 6.07) is 6.65. The summed E-state index contributed by atoms with van der Waals surface area (Å²) in [5.41, 5.74) is 7.33. The summed E-state index contributed by atoms with van der Waals surface area (Å²) in [4.78, 5) is 0. The molecule has 2 rings (SSSR count). The van der Waals surface area contributed by atoms with Crippen molar-refractivity contribution in [2.75, 3.05) is 0 Å². The van der Waals surface area contributed by atoms with Crippen LogP contribution in [0.15, 0.2) is 30.5 Å². The number of rotatable bonds is 2. The molecule has 0 saturated heterocycles. The van der Waals surface area contributed by atoms with E-state index in [-0.39, 0.29) is 11.8 Å². The fourth-order valence-electron chi connectivity index (χ4n) is 1.38. The lowest BCUT2D eigenvalue weighted by atomic mass is 10.2. The Morgan fingerprint density at radius 3 is 2.93 bits per heavy atom. The van der Waals surface area contributed by atoms with Gasteiger partial charge in [-0.3, -0.25) is 0 Å². The minimum absolute atomic E-state index is 0.151. The molecule has 1 aromatic heterocycles. The molecule has 2 aromatic rings. The van der Waals surface area contributed by atoms with Crippen molar-refractivity contribution in [3.63, 3.8) is 0 Å². The van der Waals surface area contributed by atoms with Gasteiger partial charge < -0.3 is 10.8 Å². The molecule has 0 aliphatic heterocycles. The number of nitrogens with zero attached hydrogens (tertiary/aromatic N) is 3. The van der Waals surface area contributed by atoms with E-state index in [2.05, 4.69) is 10.3 Å². The molecule has 3 N–H and O–H groups in total. The van der Waals surface area contributed by atoms with Crippen molar-refractivity contribution in [1.29, 1.82) is 0 Å². The Morgan fingerprint density at radius 2 is 2.27 bits per heavy atom. The summed E-state index contributed by atoms with van der Waals surface area (Å²) in [5, 5.41) is 17.1. The average Bonchev–Trinajstić information content (AvgIpc) is 2.65. The molecule has 1 atom stereocenters. The number of aromatic nitrogens is 3. The number of phenols is 1. The minimum atomic E-state index is -0.151. The van der Waals surface area contributed by atoms with Gasteiger partial charge >= 0.3 is 0 Å². The van der Waals surface area contributed by atoms with Gasteiger partial charge in [0, 0.05) is 12.1 Å². The smallest absolute Gasteiger partial charge is 0.117 e. The fourth-order valence-corrected chi connectivity index (χ4v) is 1.38. The van der Waals surface area contributed by atoms with Gasteiger partial charge in [0.1, 0.15) is 5.75 Å².